The standard InChI is InChI=1S/C12H13BrN2O/c1-12(2,8-14)15-11(16)7-9-4-3-5-10(13)6-9/h3-6H,7H2,1-2H3,(H,15,16). The second-order valence-corrected chi connectivity index (χ2v) is 5.01. The lowest BCUT2D eigenvalue weighted by molar-refractivity contribution is -0.121. The van der Waals surface area contributed by atoms with E-state index in [-0.39, 0.29) is 12.3 Å². The maximum atomic E-state index is 11.6. The Kier molecular flexibility index (Phi) is 4.08. The van der Waals surface area contributed by atoms with Crippen molar-refractivity contribution in [1.82, 2.24) is 5.32 Å². The van der Waals surface area contributed by atoms with Gasteiger partial charge in [-0.05, 0) is 31.5 Å². The van der Waals surface area contributed by atoms with Crippen LogP contribution in [0.3, 0.4) is 0 Å². The topological polar surface area (TPSA) is 52.9 Å². The van der Waals surface area contributed by atoms with E-state index in [0.717, 1.165) is 10.0 Å². The molecule has 0 radical (unpaired) electrons. The Morgan fingerprint density at radius 1 is 1.56 bits per heavy atom. The molecule has 1 aromatic rings. The maximum absolute atomic E-state index is 11.6. The van der Waals surface area contributed by atoms with Crippen molar-refractivity contribution in [1.29, 1.82) is 5.26 Å². The molecule has 0 fully saturated rings. The smallest absolute Gasteiger partial charge is 0.225 e. The van der Waals surface area contributed by atoms with Gasteiger partial charge in [-0.2, -0.15) is 5.26 Å². The monoisotopic (exact) mass is 280 g/mol. The molecule has 16 heavy (non-hydrogen) atoms. The van der Waals surface area contributed by atoms with Crippen LogP contribution in [-0.2, 0) is 11.2 Å². The third-order valence-electron chi connectivity index (χ3n) is 1.99. The fourth-order valence-corrected chi connectivity index (χ4v) is 1.70. The minimum atomic E-state index is -0.816. The summed E-state index contributed by atoms with van der Waals surface area (Å²) in [6.45, 7) is 3.34. The molecule has 0 spiro atoms. The second kappa shape index (κ2) is 5.13. The third kappa shape index (κ3) is 4.03. The Bertz CT molecular complexity index is 435. The Labute approximate surface area is 104 Å². The summed E-state index contributed by atoms with van der Waals surface area (Å²) in [5, 5.41) is 11.4. The van der Waals surface area contributed by atoms with Crippen LogP contribution in [-0.4, -0.2) is 11.4 Å². The summed E-state index contributed by atoms with van der Waals surface area (Å²) in [6.07, 6.45) is 0.282. The maximum Gasteiger partial charge on any atom is 0.225 e. The van der Waals surface area contributed by atoms with Gasteiger partial charge in [-0.15, -0.1) is 0 Å². The molecule has 3 nitrogen and oxygen atoms in total. The van der Waals surface area contributed by atoms with Crippen molar-refractivity contribution < 1.29 is 4.79 Å². The van der Waals surface area contributed by atoms with Gasteiger partial charge in [0, 0.05) is 4.47 Å². The number of nitrogens with one attached hydrogen (secondary N) is 1. The van der Waals surface area contributed by atoms with Crippen LogP contribution in [0.15, 0.2) is 28.7 Å². The summed E-state index contributed by atoms with van der Waals surface area (Å²) in [6, 6.07) is 9.58. The lowest BCUT2D eigenvalue weighted by Crippen LogP contribution is -2.42. The van der Waals surface area contributed by atoms with Gasteiger partial charge in [0.05, 0.1) is 12.5 Å². The highest BCUT2D eigenvalue weighted by molar-refractivity contribution is 9.10. The van der Waals surface area contributed by atoms with Gasteiger partial charge in [0.2, 0.25) is 5.91 Å². The SMILES string of the molecule is CC(C)(C#N)NC(=O)Cc1cccc(Br)c1. The van der Waals surface area contributed by atoms with E-state index >= 15 is 0 Å². The summed E-state index contributed by atoms with van der Waals surface area (Å²) in [7, 11) is 0. The van der Waals surface area contributed by atoms with E-state index in [9.17, 15) is 4.79 Å². The highest BCUT2D eigenvalue weighted by atomic mass is 79.9. The molecule has 1 N–H and O–H groups in total. The highest BCUT2D eigenvalue weighted by Crippen LogP contribution is 2.12. The van der Waals surface area contributed by atoms with Crippen LogP contribution in [0, 0.1) is 11.3 Å². The van der Waals surface area contributed by atoms with E-state index < -0.39 is 5.54 Å². The third-order valence-corrected chi connectivity index (χ3v) is 2.48. The van der Waals surface area contributed by atoms with E-state index in [1.807, 2.05) is 30.3 Å². The van der Waals surface area contributed by atoms with Crippen LogP contribution < -0.4 is 5.32 Å². The molecule has 0 aliphatic carbocycles. The number of benzene rings is 1. The number of hydrogen-bond donors (Lipinski definition) is 1. The van der Waals surface area contributed by atoms with E-state index in [1.165, 1.54) is 0 Å². The number of carbonyl (C=O) groups excluding carboxylic acids is 1. The lowest BCUT2D eigenvalue weighted by atomic mass is 10.1. The summed E-state index contributed by atoms with van der Waals surface area (Å²) in [5.41, 5.74) is 0.101. The Hall–Kier alpha value is -1.34. The van der Waals surface area contributed by atoms with Crippen molar-refractivity contribution in [3.05, 3.63) is 34.3 Å². The van der Waals surface area contributed by atoms with Crippen LogP contribution >= 0.6 is 15.9 Å². The van der Waals surface area contributed by atoms with Crippen molar-refractivity contribution in [2.75, 3.05) is 0 Å². The average molecular weight is 281 g/mol. The van der Waals surface area contributed by atoms with E-state index in [2.05, 4.69) is 21.2 Å². The second-order valence-electron chi connectivity index (χ2n) is 4.09. The summed E-state index contributed by atoms with van der Waals surface area (Å²) >= 11 is 3.34. The van der Waals surface area contributed by atoms with Crippen molar-refractivity contribution in [2.45, 2.75) is 25.8 Å². The van der Waals surface area contributed by atoms with Gasteiger partial charge in [-0.3, -0.25) is 4.79 Å². The van der Waals surface area contributed by atoms with Gasteiger partial charge in [-0.1, -0.05) is 28.1 Å². The predicted molar refractivity (Wildman–Crippen MR) is 65.7 cm³/mol. The predicted octanol–water partition coefficient (Wildman–Crippen LogP) is 2.41. The van der Waals surface area contributed by atoms with Gasteiger partial charge in [-0.25, -0.2) is 0 Å². The van der Waals surface area contributed by atoms with Crippen molar-refractivity contribution in [3.8, 4) is 6.07 Å². The number of nitriles is 1. The van der Waals surface area contributed by atoms with E-state index in [4.69, 9.17) is 5.26 Å². The largest absolute Gasteiger partial charge is 0.338 e. The molecule has 0 aromatic heterocycles. The number of nitrogens with zero attached hydrogens (tertiary/aromatic N) is 1. The van der Waals surface area contributed by atoms with Crippen molar-refractivity contribution in [2.24, 2.45) is 0 Å². The Morgan fingerprint density at radius 3 is 2.81 bits per heavy atom. The fraction of sp³-hybridized carbons (Fsp3) is 0.333. The number of hydrogen-bond acceptors (Lipinski definition) is 2. The molecule has 1 aromatic carbocycles. The van der Waals surface area contributed by atoms with Crippen molar-refractivity contribution in [3.63, 3.8) is 0 Å². The van der Waals surface area contributed by atoms with Gasteiger partial charge >= 0.3 is 0 Å². The van der Waals surface area contributed by atoms with Gasteiger partial charge in [0.15, 0.2) is 0 Å². The van der Waals surface area contributed by atoms with Crippen molar-refractivity contribution >= 4 is 21.8 Å². The molecular formula is C12H13BrN2O. The Morgan fingerprint density at radius 2 is 2.25 bits per heavy atom. The summed E-state index contributed by atoms with van der Waals surface area (Å²) in [4.78, 5) is 11.6. The molecule has 1 rings (SSSR count). The number of carbonyl (C=O) groups is 1. The van der Waals surface area contributed by atoms with Crippen LogP contribution in [0.5, 0.6) is 0 Å². The molecule has 0 saturated heterocycles. The van der Waals surface area contributed by atoms with Crippen LogP contribution in [0.2, 0.25) is 0 Å². The average Bonchev–Trinajstić information content (AvgIpc) is 2.16. The quantitative estimate of drug-likeness (QED) is 0.925. The van der Waals surface area contributed by atoms with Crippen LogP contribution in [0.1, 0.15) is 19.4 Å². The molecule has 0 bridgehead atoms. The summed E-state index contributed by atoms with van der Waals surface area (Å²) in [5.74, 6) is -0.148. The zero-order valence-electron chi connectivity index (χ0n) is 9.25. The highest BCUT2D eigenvalue weighted by Gasteiger charge is 2.19. The molecule has 4 heteroatoms. The molecular weight excluding hydrogens is 268 g/mol. The van der Waals surface area contributed by atoms with Gasteiger partial charge < -0.3 is 5.32 Å². The fourth-order valence-electron chi connectivity index (χ4n) is 1.25. The normalized spacial score (nSPS) is 10.6. The number of amides is 1. The zero-order valence-corrected chi connectivity index (χ0v) is 10.8. The molecule has 0 saturated carbocycles. The van der Waals surface area contributed by atoms with Gasteiger partial charge in [0.1, 0.15) is 5.54 Å². The minimum Gasteiger partial charge on any atom is -0.338 e. The first kappa shape index (κ1) is 12.7. The molecule has 0 atom stereocenters. The van der Waals surface area contributed by atoms with Crippen LogP contribution in [0.25, 0.3) is 0 Å². The van der Waals surface area contributed by atoms with E-state index in [1.54, 1.807) is 13.8 Å². The Balaban J connectivity index is 2.63. The first-order chi connectivity index (χ1) is 7.43. The van der Waals surface area contributed by atoms with Gasteiger partial charge in [0.25, 0.3) is 0 Å². The molecule has 84 valence electrons. The molecule has 0 heterocycles. The van der Waals surface area contributed by atoms with Crippen LogP contribution in [0.4, 0.5) is 0 Å². The number of halogens is 1. The molecule has 0 aliphatic rings. The molecule has 0 aliphatic heterocycles. The van der Waals surface area contributed by atoms with E-state index in [0.29, 0.717) is 0 Å². The lowest BCUT2D eigenvalue weighted by Gasteiger charge is -2.17. The molecule has 0 unspecified atom stereocenters. The zero-order chi connectivity index (χ0) is 12.2. The molecule has 1 amide bonds. The first-order valence-corrected chi connectivity index (χ1v) is 5.69. The number of rotatable bonds is 3. The minimum absolute atomic E-state index is 0.148. The first-order valence-electron chi connectivity index (χ1n) is 4.90. The summed E-state index contributed by atoms with van der Waals surface area (Å²) < 4.78 is 0.942.